The van der Waals surface area contributed by atoms with Crippen LogP contribution < -0.4 is 4.74 Å². The Balaban J connectivity index is 1.93. The maximum Gasteiger partial charge on any atom is 0.305 e. The second kappa shape index (κ2) is 8.07. The van der Waals surface area contributed by atoms with Crippen molar-refractivity contribution in [3.63, 3.8) is 0 Å². The number of carbonyl (C=O) groups is 2. The van der Waals surface area contributed by atoms with Gasteiger partial charge in [-0.25, -0.2) is 0 Å². The van der Waals surface area contributed by atoms with Gasteiger partial charge in [0.2, 0.25) is 0 Å². The van der Waals surface area contributed by atoms with Crippen LogP contribution in [0.4, 0.5) is 0 Å². The first-order chi connectivity index (χ1) is 12.4. The van der Waals surface area contributed by atoms with E-state index in [9.17, 15) is 9.59 Å². The molecule has 0 spiro atoms. The summed E-state index contributed by atoms with van der Waals surface area (Å²) in [6, 6.07) is 15.1. The van der Waals surface area contributed by atoms with Crippen molar-refractivity contribution in [2.24, 2.45) is 0 Å². The highest BCUT2D eigenvalue weighted by molar-refractivity contribution is 14.1. The summed E-state index contributed by atoms with van der Waals surface area (Å²) in [4.78, 5) is 25.8. The SMILES string of the molecule is CC(CC(=O)O)N1CC(Cc2ccccc2)Oc2ccc(I)cc2C1=O. The molecule has 26 heavy (non-hydrogen) atoms. The number of aliphatic carboxylic acids is 1. The van der Waals surface area contributed by atoms with E-state index in [1.165, 1.54) is 0 Å². The molecule has 2 atom stereocenters. The van der Waals surface area contributed by atoms with E-state index >= 15 is 0 Å². The molecular formula is C20H20INO4. The summed E-state index contributed by atoms with van der Waals surface area (Å²) >= 11 is 2.16. The van der Waals surface area contributed by atoms with Crippen LogP contribution in [0.15, 0.2) is 48.5 Å². The van der Waals surface area contributed by atoms with Crippen molar-refractivity contribution in [2.75, 3.05) is 6.54 Å². The summed E-state index contributed by atoms with van der Waals surface area (Å²) in [5, 5.41) is 9.14. The number of hydrogen-bond donors (Lipinski definition) is 1. The molecule has 0 saturated heterocycles. The number of nitrogens with zero attached hydrogens (tertiary/aromatic N) is 1. The number of halogens is 1. The van der Waals surface area contributed by atoms with E-state index in [0.717, 1.165) is 9.13 Å². The molecule has 0 aromatic heterocycles. The van der Waals surface area contributed by atoms with Gasteiger partial charge in [-0.15, -0.1) is 0 Å². The molecule has 0 fully saturated rings. The molecule has 2 aromatic carbocycles. The molecule has 1 N–H and O–H groups in total. The van der Waals surface area contributed by atoms with Crippen LogP contribution in [0.3, 0.4) is 0 Å². The first-order valence-corrected chi connectivity index (χ1v) is 9.55. The predicted octanol–water partition coefficient (Wildman–Crippen LogP) is 3.60. The van der Waals surface area contributed by atoms with Gasteiger partial charge in [0.25, 0.3) is 5.91 Å². The van der Waals surface area contributed by atoms with Crippen molar-refractivity contribution in [1.82, 2.24) is 4.90 Å². The fraction of sp³-hybridized carbons (Fsp3) is 0.300. The number of amides is 1. The summed E-state index contributed by atoms with van der Waals surface area (Å²) in [7, 11) is 0. The minimum atomic E-state index is -0.919. The molecule has 136 valence electrons. The molecular weight excluding hydrogens is 445 g/mol. The van der Waals surface area contributed by atoms with Gasteiger partial charge in [-0.3, -0.25) is 9.59 Å². The first kappa shape index (κ1) is 18.7. The molecule has 1 aliphatic heterocycles. The van der Waals surface area contributed by atoms with E-state index < -0.39 is 12.0 Å². The lowest BCUT2D eigenvalue weighted by Gasteiger charge is -2.29. The second-order valence-electron chi connectivity index (χ2n) is 6.47. The highest BCUT2D eigenvalue weighted by Gasteiger charge is 2.32. The Kier molecular flexibility index (Phi) is 5.80. The summed E-state index contributed by atoms with van der Waals surface area (Å²) < 4.78 is 7.09. The summed E-state index contributed by atoms with van der Waals surface area (Å²) in [6.45, 7) is 2.12. The molecule has 6 heteroatoms. The number of benzene rings is 2. The van der Waals surface area contributed by atoms with E-state index in [1.54, 1.807) is 17.9 Å². The maximum atomic E-state index is 13.1. The fourth-order valence-electron chi connectivity index (χ4n) is 3.17. The summed E-state index contributed by atoms with van der Waals surface area (Å²) in [5.74, 6) is -0.540. The number of carboxylic acids is 1. The third-order valence-electron chi connectivity index (χ3n) is 4.44. The number of fused-ring (bicyclic) bond motifs is 1. The van der Waals surface area contributed by atoms with E-state index in [4.69, 9.17) is 9.84 Å². The van der Waals surface area contributed by atoms with Gasteiger partial charge in [0, 0.05) is 16.0 Å². The smallest absolute Gasteiger partial charge is 0.305 e. The standard InChI is InChI=1S/C20H20INO4/c1-13(9-19(23)24)22-12-16(10-14-5-3-2-4-6-14)26-18-8-7-15(21)11-17(18)20(22)25/h2-8,11,13,16H,9-10,12H2,1H3,(H,23,24). The van der Waals surface area contributed by atoms with Crippen LogP contribution >= 0.6 is 22.6 Å². The number of rotatable bonds is 5. The molecule has 0 saturated carbocycles. The minimum Gasteiger partial charge on any atom is -0.487 e. The van der Waals surface area contributed by atoms with E-state index in [-0.39, 0.29) is 18.4 Å². The molecule has 0 bridgehead atoms. The fourth-order valence-corrected chi connectivity index (χ4v) is 3.66. The molecule has 0 aliphatic carbocycles. The lowest BCUT2D eigenvalue weighted by molar-refractivity contribution is -0.138. The topological polar surface area (TPSA) is 66.8 Å². The number of ether oxygens (including phenoxy) is 1. The van der Waals surface area contributed by atoms with E-state index in [0.29, 0.717) is 24.3 Å². The zero-order chi connectivity index (χ0) is 18.7. The highest BCUT2D eigenvalue weighted by atomic mass is 127. The van der Waals surface area contributed by atoms with Crippen LogP contribution in [-0.4, -0.2) is 40.6 Å². The Morgan fingerprint density at radius 1 is 1.31 bits per heavy atom. The predicted molar refractivity (Wildman–Crippen MR) is 106 cm³/mol. The molecule has 1 heterocycles. The summed E-state index contributed by atoms with van der Waals surface area (Å²) in [5.41, 5.74) is 1.61. The second-order valence-corrected chi connectivity index (χ2v) is 7.72. The van der Waals surface area contributed by atoms with Crippen molar-refractivity contribution < 1.29 is 19.4 Å². The van der Waals surface area contributed by atoms with Crippen molar-refractivity contribution in [1.29, 1.82) is 0 Å². The normalized spacial score (nSPS) is 17.8. The molecule has 5 nitrogen and oxygen atoms in total. The molecule has 2 unspecified atom stereocenters. The first-order valence-electron chi connectivity index (χ1n) is 8.47. The molecule has 2 aromatic rings. The zero-order valence-electron chi connectivity index (χ0n) is 14.4. The Hall–Kier alpha value is -2.09. The zero-order valence-corrected chi connectivity index (χ0v) is 16.5. The van der Waals surface area contributed by atoms with Crippen LogP contribution in [0.25, 0.3) is 0 Å². The lowest BCUT2D eigenvalue weighted by Crippen LogP contribution is -2.44. The van der Waals surface area contributed by atoms with Crippen LogP contribution in [0.5, 0.6) is 5.75 Å². The van der Waals surface area contributed by atoms with E-state index in [2.05, 4.69) is 22.6 Å². The van der Waals surface area contributed by atoms with Gasteiger partial charge in [-0.05, 0) is 53.3 Å². The molecule has 1 aliphatic rings. The number of carboxylic acid groups (broad SMARTS) is 1. The average molecular weight is 465 g/mol. The van der Waals surface area contributed by atoms with Gasteiger partial charge in [0.15, 0.2) is 0 Å². The largest absolute Gasteiger partial charge is 0.487 e. The van der Waals surface area contributed by atoms with Crippen LogP contribution in [0.1, 0.15) is 29.3 Å². The number of carbonyl (C=O) groups excluding carboxylic acids is 1. The third-order valence-corrected chi connectivity index (χ3v) is 5.11. The number of hydrogen-bond acceptors (Lipinski definition) is 3. The Morgan fingerprint density at radius 2 is 2.04 bits per heavy atom. The van der Waals surface area contributed by atoms with Crippen molar-refractivity contribution >= 4 is 34.5 Å². The third kappa shape index (κ3) is 4.35. The quantitative estimate of drug-likeness (QED) is 0.686. The Bertz CT molecular complexity index is 809. The lowest BCUT2D eigenvalue weighted by atomic mass is 10.1. The monoisotopic (exact) mass is 465 g/mol. The molecule has 3 rings (SSSR count). The highest BCUT2D eigenvalue weighted by Crippen LogP contribution is 2.29. The van der Waals surface area contributed by atoms with Crippen molar-refractivity contribution in [3.05, 3.63) is 63.2 Å². The maximum absolute atomic E-state index is 13.1. The van der Waals surface area contributed by atoms with Crippen LogP contribution in [-0.2, 0) is 11.2 Å². The van der Waals surface area contributed by atoms with Gasteiger partial charge in [-0.1, -0.05) is 30.3 Å². The van der Waals surface area contributed by atoms with Gasteiger partial charge in [0.1, 0.15) is 11.9 Å². The van der Waals surface area contributed by atoms with Gasteiger partial charge < -0.3 is 14.7 Å². The van der Waals surface area contributed by atoms with Crippen LogP contribution in [0.2, 0.25) is 0 Å². The minimum absolute atomic E-state index is 0.0942. The molecule has 1 amide bonds. The Labute approximate surface area is 166 Å². The molecule has 0 radical (unpaired) electrons. The van der Waals surface area contributed by atoms with Gasteiger partial charge in [-0.2, -0.15) is 0 Å². The van der Waals surface area contributed by atoms with Crippen molar-refractivity contribution in [2.45, 2.75) is 31.9 Å². The summed E-state index contributed by atoms with van der Waals surface area (Å²) in [6.07, 6.45) is 0.317. The van der Waals surface area contributed by atoms with Gasteiger partial charge in [0.05, 0.1) is 18.5 Å². The Morgan fingerprint density at radius 3 is 2.73 bits per heavy atom. The van der Waals surface area contributed by atoms with Gasteiger partial charge >= 0.3 is 5.97 Å². The van der Waals surface area contributed by atoms with Crippen LogP contribution in [0, 0.1) is 3.57 Å². The van der Waals surface area contributed by atoms with E-state index in [1.807, 2.05) is 42.5 Å². The van der Waals surface area contributed by atoms with Crippen molar-refractivity contribution in [3.8, 4) is 5.75 Å². The average Bonchev–Trinajstić information content (AvgIpc) is 2.73.